The van der Waals surface area contributed by atoms with Gasteiger partial charge >= 0.3 is 12.0 Å². The fraction of sp³-hybridized carbons (Fsp3) is 0.667. The van der Waals surface area contributed by atoms with Crippen molar-refractivity contribution in [3.05, 3.63) is 10.1 Å². The van der Waals surface area contributed by atoms with E-state index < -0.39 is 16.5 Å². The van der Waals surface area contributed by atoms with Crippen LogP contribution < -0.4 is 4.74 Å². The molecule has 0 radical (unpaired) electrons. The lowest BCUT2D eigenvalue weighted by Gasteiger charge is -2.29. The summed E-state index contributed by atoms with van der Waals surface area (Å²) in [5.41, 5.74) is -0.928. The molecule has 1 aliphatic carbocycles. The molecule has 0 amide bonds. The summed E-state index contributed by atoms with van der Waals surface area (Å²) in [6.45, 7) is 0. The molecule has 17 heavy (non-hydrogen) atoms. The van der Waals surface area contributed by atoms with Crippen LogP contribution >= 0.6 is 0 Å². The molecule has 1 aromatic rings. The summed E-state index contributed by atoms with van der Waals surface area (Å²) >= 11 is 0. The SMILES string of the molecule is N#C[C@]12CCCC[C@H]1n1nc([N+](=O)[O-])nc1O2. The molecule has 0 unspecified atom stereocenters. The highest BCUT2D eigenvalue weighted by Crippen LogP contribution is 2.46. The Hall–Kier alpha value is -2.17. The Balaban J connectivity index is 2.04. The Morgan fingerprint density at radius 3 is 3.18 bits per heavy atom. The normalized spacial score (nSPS) is 29.9. The highest BCUT2D eigenvalue weighted by Gasteiger charge is 2.55. The van der Waals surface area contributed by atoms with Gasteiger partial charge in [0.05, 0.1) is 0 Å². The predicted molar refractivity (Wildman–Crippen MR) is 53.2 cm³/mol. The van der Waals surface area contributed by atoms with E-state index in [9.17, 15) is 15.4 Å². The molecule has 0 bridgehead atoms. The molecular weight excluding hydrogens is 226 g/mol. The van der Waals surface area contributed by atoms with Crippen LogP contribution in [0.2, 0.25) is 0 Å². The van der Waals surface area contributed by atoms with Crippen LogP contribution in [0.25, 0.3) is 0 Å². The van der Waals surface area contributed by atoms with E-state index >= 15 is 0 Å². The van der Waals surface area contributed by atoms with Crippen LogP contribution in [0.3, 0.4) is 0 Å². The third-order valence-electron chi connectivity index (χ3n) is 3.32. The first-order valence-corrected chi connectivity index (χ1v) is 5.37. The standard InChI is InChI=1S/C9H9N5O3/c10-5-9-4-2-1-3-6(9)13-8(17-9)11-7(12-13)14(15)16/h6H,1-4H2/t6-,9-/m1/s1. The van der Waals surface area contributed by atoms with Crippen LogP contribution in [0, 0.1) is 21.4 Å². The molecule has 0 aromatic carbocycles. The van der Waals surface area contributed by atoms with Crippen LogP contribution in [0.15, 0.2) is 0 Å². The summed E-state index contributed by atoms with van der Waals surface area (Å²) in [5, 5.41) is 23.6. The molecule has 0 saturated heterocycles. The van der Waals surface area contributed by atoms with Crippen molar-refractivity contribution < 1.29 is 9.66 Å². The van der Waals surface area contributed by atoms with Gasteiger partial charge in [-0.05, 0) is 22.7 Å². The van der Waals surface area contributed by atoms with Crippen LogP contribution in [-0.2, 0) is 0 Å². The summed E-state index contributed by atoms with van der Waals surface area (Å²) in [5.74, 6) is -0.475. The number of nitro groups is 1. The fourth-order valence-corrected chi connectivity index (χ4v) is 2.53. The summed E-state index contributed by atoms with van der Waals surface area (Å²) < 4.78 is 6.89. The van der Waals surface area contributed by atoms with Gasteiger partial charge in [-0.2, -0.15) is 5.26 Å². The Bertz CT molecular complexity index is 533. The van der Waals surface area contributed by atoms with Gasteiger partial charge in [0.2, 0.25) is 5.60 Å². The zero-order valence-corrected chi connectivity index (χ0v) is 8.87. The number of aromatic nitrogens is 3. The minimum absolute atomic E-state index is 0.0881. The van der Waals surface area contributed by atoms with E-state index in [4.69, 9.17) is 4.74 Å². The van der Waals surface area contributed by atoms with E-state index in [0.717, 1.165) is 19.3 Å². The van der Waals surface area contributed by atoms with Gasteiger partial charge in [0.25, 0.3) is 0 Å². The molecule has 0 spiro atoms. The lowest BCUT2D eigenvalue weighted by atomic mass is 9.82. The number of nitriles is 1. The molecular formula is C9H9N5O3. The molecule has 2 heterocycles. The first kappa shape index (κ1) is 10.0. The molecule has 8 nitrogen and oxygen atoms in total. The van der Waals surface area contributed by atoms with Crippen molar-refractivity contribution in [1.82, 2.24) is 14.8 Å². The summed E-state index contributed by atoms with van der Waals surface area (Å²) in [6, 6.07) is 2.00. The fourth-order valence-electron chi connectivity index (χ4n) is 2.53. The lowest BCUT2D eigenvalue weighted by molar-refractivity contribution is -0.394. The summed E-state index contributed by atoms with van der Waals surface area (Å²) in [7, 11) is 0. The molecule has 1 aromatic heterocycles. The molecule has 2 aliphatic rings. The van der Waals surface area contributed by atoms with Crippen LogP contribution in [0.1, 0.15) is 31.7 Å². The topological polar surface area (TPSA) is 107 Å². The van der Waals surface area contributed by atoms with Crippen molar-refractivity contribution in [1.29, 1.82) is 5.26 Å². The van der Waals surface area contributed by atoms with E-state index in [-0.39, 0.29) is 12.1 Å². The first-order valence-electron chi connectivity index (χ1n) is 5.37. The predicted octanol–water partition coefficient (Wildman–Crippen LogP) is 0.956. The average molecular weight is 235 g/mol. The quantitative estimate of drug-likeness (QED) is 0.529. The lowest BCUT2D eigenvalue weighted by Crippen LogP contribution is -2.40. The number of hydrogen-bond donors (Lipinski definition) is 0. The van der Waals surface area contributed by atoms with Crippen LogP contribution in [-0.4, -0.2) is 25.3 Å². The van der Waals surface area contributed by atoms with E-state index in [0.29, 0.717) is 6.42 Å². The highest BCUT2D eigenvalue weighted by atomic mass is 16.6. The van der Waals surface area contributed by atoms with Crippen molar-refractivity contribution in [2.45, 2.75) is 37.3 Å². The monoisotopic (exact) mass is 235 g/mol. The number of ether oxygens (including phenoxy) is 1. The third kappa shape index (κ3) is 1.22. The summed E-state index contributed by atoms with van der Waals surface area (Å²) in [6.07, 6.45) is 3.23. The number of nitrogens with zero attached hydrogens (tertiary/aromatic N) is 5. The second kappa shape index (κ2) is 3.16. The maximum atomic E-state index is 10.6. The first-order chi connectivity index (χ1) is 8.16. The molecule has 2 atom stereocenters. The van der Waals surface area contributed by atoms with Crippen molar-refractivity contribution in [3.8, 4) is 12.1 Å². The minimum Gasteiger partial charge on any atom is -0.426 e. The van der Waals surface area contributed by atoms with Gasteiger partial charge in [-0.15, -0.1) is 4.68 Å². The van der Waals surface area contributed by atoms with Gasteiger partial charge in [0, 0.05) is 11.5 Å². The Kier molecular flexibility index (Phi) is 1.86. The van der Waals surface area contributed by atoms with Gasteiger partial charge in [-0.25, -0.2) is 0 Å². The van der Waals surface area contributed by atoms with Gasteiger partial charge < -0.3 is 14.9 Å². The van der Waals surface area contributed by atoms with Gasteiger partial charge in [-0.1, -0.05) is 6.42 Å². The van der Waals surface area contributed by atoms with E-state index in [2.05, 4.69) is 16.2 Å². The van der Waals surface area contributed by atoms with Crippen molar-refractivity contribution in [2.75, 3.05) is 0 Å². The van der Waals surface area contributed by atoms with Crippen LogP contribution in [0.5, 0.6) is 6.01 Å². The molecule has 88 valence electrons. The maximum Gasteiger partial charge on any atom is 0.494 e. The molecule has 0 N–H and O–H groups in total. The van der Waals surface area contributed by atoms with E-state index in [1.807, 2.05) is 0 Å². The van der Waals surface area contributed by atoms with Crippen molar-refractivity contribution in [3.63, 3.8) is 0 Å². The smallest absolute Gasteiger partial charge is 0.426 e. The molecule has 1 saturated carbocycles. The summed E-state index contributed by atoms with van der Waals surface area (Å²) in [4.78, 5) is 13.6. The van der Waals surface area contributed by atoms with Gasteiger partial charge in [-0.3, -0.25) is 0 Å². The van der Waals surface area contributed by atoms with Crippen LogP contribution in [0.4, 0.5) is 5.95 Å². The van der Waals surface area contributed by atoms with Gasteiger partial charge in [0.15, 0.2) is 0 Å². The third-order valence-corrected chi connectivity index (χ3v) is 3.32. The largest absolute Gasteiger partial charge is 0.494 e. The highest BCUT2D eigenvalue weighted by molar-refractivity contribution is 5.24. The molecule has 1 fully saturated rings. The van der Waals surface area contributed by atoms with E-state index in [1.165, 1.54) is 4.68 Å². The van der Waals surface area contributed by atoms with E-state index in [1.54, 1.807) is 0 Å². The van der Waals surface area contributed by atoms with Crippen molar-refractivity contribution >= 4 is 5.95 Å². The maximum absolute atomic E-state index is 10.6. The second-order valence-electron chi connectivity index (χ2n) is 4.26. The zero-order valence-electron chi connectivity index (χ0n) is 8.87. The Morgan fingerprint density at radius 2 is 2.47 bits per heavy atom. The zero-order chi connectivity index (χ0) is 12.0. The molecule has 1 aliphatic heterocycles. The Morgan fingerprint density at radius 1 is 1.65 bits per heavy atom. The second-order valence-corrected chi connectivity index (χ2v) is 4.26. The van der Waals surface area contributed by atoms with Gasteiger partial charge in [0.1, 0.15) is 12.1 Å². The Labute approximate surface area is 96.0 Å². The average Bonchev–Trinajstić information content (AvgIpc) is 2.84. The molecule has 3 rings (SSSR count). The minimum atomic E-state index is -0.928. The van der Waals surface area contributed by atoms with Crippen molar-refractivity contribution in [2.24, 2.45) is 0 Å². The number of hydrogen-bond acceptors (Lipinski definition) is 6. The molecule has 8 heteroatoms. The number of fused-ring (bicyclic) bond motifs is 3. The number of rotatable bonds is 1.